The van der Waals surface area contributed by atoms with Crippen molar-refractivity contribution in [1.82, 2.24) is 15.1 Å². The first-order valence-corrected chi connectivity index (χ1v) is 12.3. The quantitative estimate of drug-likeness (QED) is 0.564. The molecular weight excluding hydrogens is 389 g/mol. The van der Waals surface area contributed by atoms with Gasteiger partial charge in [0.05, 0.1) is 53.6 Å². The van der Waals surface area contributed by atoms with Crippen LogP contribution in [0.3, 0.4) is 0 Å². The molecule has 1 unspecified atom stereocenters. The number of morpholine rings is 1. The molecule has 156 valence electrons. The number of hydrogen-bond acceptors (Lipinski definition) is 3. The van der Waals surface area contributed by atoms with E-state index in [1.165, 1.54) is 5.30 Å². The number of hydrazine groups is 1. The molecule has 0 aliphatic carbocycles. The fourth-order valence-electron chi connectivity index (χ4n) is 4.01. The van der Waals surface area contributed by atoms with Gasteiger partial charge in [-0.2, -0.15) is 0 Å². The largest absolute Gasteiger partial charge is 0.379 e. The minimum absolute atomic E-state index is 0.0380. The second-order valence-corrected chi connectivity index (χ2v) is 12.8. The van der Waals surface area contributed by atoms with E-state index in [9.17, 15) is 0 Å². The van der Waals surface area contributed by atoms with Crippen molar-refractivity contribution in [3.05, 3.63) is 30.3 Å². The Kier molecular flexibility index (Phi) is 7.29. The first-order chi connectivity index (χ1) is 13.3. The first kappa shape index (κ1) is 21.9. The van der Waals surface area contributed by atoms with Crippen molar-refractivity contribution in [2.75, 3.05) is 59.5 Å². The molecule has 1 atom stereocenters. The van der Waals surface area contributed by atoms with Crippen LogP contribution in [-0.4, -0.2) is 79.5 Å². The van der Waals surface area contributed by atoms with Gasteiger partial charge in [0.15, 0.2) is 0 Å². The molecule has 0 amide bonds. The van der Waals surface area contributed by atoms with Crippen molar-refractivity contribution in [2.24, 2.45) is 4.74 Å². The number of likely N-dealkylation sites (N-methyl/N-ethyl adjacent to an activating group) is 1. The third kappa shape index (κ3) is 4.84. The number of ether oxygens (including phenoxy) is 1. The van der Waals surface area contributed by atoms with Crippen molar-refractivity contribution in [2.45, 2.75) is 25.9 Å². The average molecular weight is 425 g/mol. The van der Waals surface area contributed by atoms with Crippen molar-refractivity contribution < 1.29 is 9.64 Å². The highest BCUT2D eigenvalue weighted by Crippen LogP contribution is 2.62. The summed E-state index contributed by atoms with van der Waals surface area (Å²) >= 11 is 5.79. The molecule has 2 saturated heterocycles. The lowest BCUT2D eigenvalue weighted by molar-refractivity contribution is -0.884. The molecule has 0 bridgehead atoms. The SMILES string of the molecule is C[NH+]1CCN(NC(=S)N=P(c2ccccc2)(N2CCOCC2)C(C)(C)C)CC1. The summed E-state index contributed by atoms with van der Waals surface area (Å²) in [6.45, 7) is 14.4. The summed E-state index contributed by atoms with van der Waals surface area (Å²) in [5.74, 6) is 0. The number of piperazine rings is 1. The zero-order chi connectivity index (χ0) is 20.2. The van der Waals surface area contributed by atoms with Gasteiger partial charge in [0.25, 0.3) is 0 Å². The van der Waals surface area contributed by atoms with E-state index in [1.54, 1.807) is 4.90 Å². The maximum atomic E-state index is 5.79. The van der Waals surface area contributed by atoms with Gasteiger partial charge in [0, 0.05) is 23.6 Å². The van der Waals surface area contributed by atoms with Gasteiger partial charge in [-0.05, 0) is 12.2 Å². The molecule has 1 aromatic carbocycles. The Bertz CT molecular complexity index is 707. The standard InChI is InChI=1S/C20H34N5OPS/c1-20(2,3)27(18-8-6-5-7-9-18,25-14-16-26-17-15-25)22-19(28)21-24-12-10-23(4)11-13-24/h5-9H,10-17H2,1-4H3,(H,21,28)/p+1. The summed E-state index contributed by atoms with van der Waals surface area (Å²) in [7, 11) is 0.139. The smallest absolute Gasteiger partial charge is 0.207 e. The zero-order valence-electron chi connectivity index (χ0n) is 17.6. The van der Waals surface area contributed by atoms with E-state index < -0.39 is 7.21 Å². The number of benzene rings is 1. The van der Waals surface area contributed by atoms with Crippen molar-refractivity contribution in [1.29, 1.82) is 0 Å². The molecule has 2 N–H and O–H groups in total. The Labute approximate surface area is 175 Å². The summed E-state index contributed by atoms with van der Waals surface area (Å²) < 4.78 is 13.5. The van der Waals surface area contributed by atoms with Crippen LogP contribution in [0.15, 0.2) is 35.1 Å². The Hall–Kier alpha value is -0.820. The van der Waals surface area contributed by atoms with Gasteiger partial charge in [0.2, 0.25) is 5.11 Å². The second-order valence-electron chi connectivity index (χ2n) is 8.63. The Balaban J connectivity index is 1.99. The second kappa shape index (κ2) is 9.33. The van der Waals surface area contributed by atoms with Crippen LogP contribution in [0, 0.1) is 0 Å². The van der Waals surface area contributed by atoms with E-state index in [4.69, 9.17) is 21.7 Å². The summed E-state index contributed by atoms with van der Waals surface area (Å²) in [5.41, 5.74) is 3.43. The van der Waals surface area contributed by atoms with Crippen LogP contribution in [0.25, 0.3) is 0 Å². The monoisotopic (exact) mass is 424 g/mol. The molecule has 28 heavy (non-hydrogen) atoms. The van der Waals surface area contributed by atoms with Gasteiger partial charge in [0.1, 0.15) is 0 Å². The maximum Gasteiger partial charge on any atom is 0.207 e. The van der Waals surface area contributed by atoms with E-state index in [2.05, 4.69) is 73.3 Å². The van der Waals surface area contributed by atoms with Gasteiger partial charge in [-0.3, -0.25) is 10.1 Å². The van der Waals surface area contributed by atoms with Crippen LogP contribution in [0.5, 0.6) is 0 Å². The third-order valence-electron chi connectivity index (χ3n) is 5.55. The topological polar surface area (TPSA) is 44.5 Å². The number of quaternary nitrogens is 1. The van der Waals surface area contributed by atoms with Gasteiger partial charge in [-0.1, -0.05) is 51.1 Å². The molecule has 0 radical (unpaired) electrons. The lowest BCUT2D eigenvalue weighted by Crippen LogP contribution is -3.12. The van der Waals surface area contributed by atoms with Crippen LogP contribution in [-0.2, 0) is 4.74 Å². The van der Waals surface area contributed by atoms with Crippen molar-refractivity contribution >= 4 is 29.8 Å². The molecule has 0 aromatic heterocycles. The molecule has 2 aliphatic heterocycles. The summed E-state index contributed by atoms with van der Waals surface area (Å²) in [4.78, 5) is 1.56. The van der Waals surface area contributed by atoms with Crippen molar-refractivity contribution in [3.63, 3.8) is 0 Å². The van der Waals surface area contributed by atoms with Crippen molar-refractivity contribution in [3.8, 4) is 0 Å². The number of rotatable bonds is 3. The molecule has 6 nitrogen and oxygen atoms in total. The Morgan fingerprint density at radius 2 is 1.71 bits per heavy atom. The molecule has 2 aliphatic rings. The van der Waals surface area contributed by atoms with Crippen LogP contribution >= 0.6 is 19.4 Å². The molecule has 3 rings (SSSR count). The minimum Gasteiger partial charge on any atom is -0.379 e. The highest BCUT2D eigenvalue weighted by Gasteiger charge is 2.42. The molecule has 2 heterocycles. The molecule has 1 aromatic rings. The van der Waals surface area contributed by atoms with Gasteiger partial charge in [-0.25, -0.2) is 9.75 Å². The fraction of sp³-hybridized carbons (Fsp3) is 0.650. The van der Waals surface area contributed by atoms with E-state index in [0.717, 1.165) is 52.5 Å². The van der Waals surface area contributed by atoms with Crippen LogP contribution in [0.4, 0.5) is 0 Å². The first-order valence-electron chi connectivity index (χ1n) is 10.2. The number of nitrogens with zero attached hydrogens (tertiary/aromatic N) is 3. The van der Waals surface area contributed by atoms with E-state index in [-0.39, 0.29) is 5.16 Å². The summed E-state index contributed by atoms with van der Waals surface area (Å²) in [6.07, 6.45) is 0. The summed E-state index contributed by atoms with van der Waals surface area (Å²) in [5, 5.41) is 4.08. The lowest BCUT2D eigenvalue weighted by Gasteiger charge is -2.47. The van der Waals surface area contributed by atoms with Gasteiger partial charge < -0.3 is 9.64 Å². The highest BCUT2D eigenvalue weighted by atomic mass is 32.1. The Morgan fingerprint density at radius 1 is 1.11 bits per heavy atom. The Morgan fingerprint density at radius 3 is 2.29 bits per heavy atom. The predicted octanol–water partition coefficient (Wildman–Crippen LogP) is 1.18. The van der Waals surface area contributed by atoms with Crippen LogP contribution in [0.1, 0.15) is 20.8 Å². The highest BCUT2D eigenvalue weighted by molar-refractivity contribution is 7.81. The van der Waals surface area contributed by atoms with E-state index in [1.807, 2.05) is 0 Å². The lowest BCUT2D eigenvalue weighted by atomic mass is 10.3. The van der Waals surface area contributed by atoms with E-state index >= 15 is 0 Å². The van der Waals surface area contributed by atoms with Crippen LogP contribution < -0.4 is 15.6 Å². The van der Waals surface area contributed by atoms with E-state index in [0.29, 0.717) is 5.11 Å². The number of nitrogens with one attached hydrogen (secondary N) is 2. The van der Waals surface area contributed by atoms with Crippen LogP contribution in [0.2, 0.25) is 0 Å². The van der Waals surface area contributed by atoms with Gasteiger partial charge >= 0.3 is 0 Å². The molecule has 0 spiro atoms. The average Bonchev–Trinajstić information content (AvgIpc) is 2.68. The number of thiocarbonyl (C=S) groups is 1. The normalized spacial score (nSPS) is 22.4. The minimum atomic E-state index is -2.10. The fourth-order valence-corrected chi connectivity index (χ4v) is 8.63. The maximum absolute atomic E-state index is 5.79. The molecule has 8 heteroatoms. The molecule has 0 saturated carbocycles. The zero-order valence-corrected chi connectivity index (χ0v) is 19.4. The predicted molar refractivity (Wildman–Crippen MR) is 121 cm³/mol. The molecule has 2 fully saturated rings. The third-order valence-corrected chi connectivity index (χ3v) is 10.5. The van der Waals surface area contributed by atoms with Gasteiger partial charge in [-0.15, -0.1) is 0 Å². The number of hydrogen-bond donors (Lipinski definition) is 2. The molecular formula is C20H35N5OPS+. The summed E-state index contributed by atoms with van der Waals surface area (Å²) in [6, 6.07) is 10.7.